The van der Waals surface area contributed by atoms with Crippen LogP contribution in [0.4, 0.5) is 0 Å². The summed E-state index contributed by atoms with van der Waals surface area (Å²) in [5, 5.41) is 8.55. The Balaban J connectivity index is 1.33. The van der Waals surface area contributed by atoms with Crippen molar-refractivity contribution in [1.29, 1.82) is 0 Å². The maximum atomic E-state index is 5.02. The first kappa shape index (κ1) is 26.4. The minimum absolute atomic E-state index is 1.00. The van der Waals surface area contributed by atoms with Gasteiger partial charge in [-0.3, -0.25) is 4.98 Å². The fourth-order valence-electron chi connectivity index (χ4n) is 7.17. The molecule has 0 fully saturated rings. The van der Waals surface area contributed by atoms with Gasteiger partial charge in [0.2, 0.25) is 0 Å². The van der Waals surface area contributed by atoms with Crippen molar-refractivity contribution < 1.29 is 0 Å². The second-order valence-electron chi connectivity index (χ2n) is 11.9. The second-order valence-corrected chi connectivity index (χ2v) is 11.9. The van der Waals surface area contributed by atoms with Crippen LogP contribution in [-0.2, 0) is 0 Å². The average molecular weight is 584 g/mol. The van der Waals surface area contributed by atoms with E-state index in [0.29, 0.717) is 0 Å². The third kappa shape index (κ3) is 4.29. The summed E-state index contributed by atoms with van der Waals surface area (Å²) in [7, 11) is 0. The molecule has 0 unspecified atom stereocenters. The Hall–Kier alpha value is -6.05. The molecule has 0 saturated heterocycles. The molecule has 0 aliphatic carbocycles. The summed E-state index contributed by atoms with van der Waals surface area (Å²) in [6, 6.07) is 61.2. The van der Waals surface area contributed by atoms with Crippen LogP contribution in [0.5, 0.6) is 0 Å². The summed E-state index contributed by atoms with van der Waals surface area (Å²) in [5.74, 6) is 0. The quantitative estimate of drug-likeness (QED) is 0.148. The van der Waals surface area contributed by atoms with Crippen molar-refractivity contribution in [3.8, 4) is 44.5 Å². The lowest BCUT2D eigenvalue weighted by molar-refractivity contribution is 1.45. The van der Waals surface area contributed by atoms with Gasteiger partial charge >= 0.3 is 0 Å². The van der Waals surface area contributed by atoms with E-state index in [-0.39, 0.29) is 0 Å². The van der Waals surface area contributed by atoms with Crippen molar-refractivity contribution in [3.63, 3.8) is 0 Å². The van der Waals surface area contributed by atoms with Crippen molar-refractivity contribution in [2.75, 3.05) is 0 Å². The summed E-state index contributed by atoms with van der Waals surface area (Å²) in [6.45, 7) is 0. The van der Waals surface area contributed by atoms with Gasteiger partial charge in [0.25, 0.3) is 0 Å². The molecule has 0 N–H and O–H groups in total. The van der Waals surface area contributed by atoms with Gasteiger partial charge in [-0.05, 0) is 78.2 Å². The molecule has 0 radical (unpaired) electrons. The van der Waals surface area contributed by atoms with Crippen LogP contribution in [0.25, 0.3) is 87.7 Å². The molecule has 0 aliphatic rings. The first-order chi connectivity index (χ1) is 22.8. The fourth-order valence-corrected chi connectivity index (χ4v) is 7.17. The number of benzene rings is 8. The van der Waals surface area contributed by atoms with Crippen molar-refractivity contribution in [2.45, 2.75) is 0 Å². The normalized spacial score (nSPS) is 11.5. The minimum Gasteiger partial charge on any atom is -0.256 e. The minimum atomic E-state index is 1.00. The molecule has 9 rings (SSSR count). The average Bonchev–Trinajstić information content (AvgIpc) is 3.14. The smallest absolute Gasteiger partial charge is 0.0708 e. The van der Waals surface area contributed by atoms with Gasteiger partial charge in [0.1, 0.15) is 0 Å². The van der Waals surface area contributed by atoms with Crippen LogP contribution in [0, 0.1) is 0 Å². The first-order valence-corrected chi connectivity index (χ1v) is 15.8. The van der Waals surface area contributed by atoms with Crippen LogP contribution < -0.4 is 0 Å². The molecule has 8 aromatic carbocycles. The number of rotatable bonds is 4. The highest BCUT2D eigenvalue weighted by atomic mass is 14.7. The van der Waals surface area contributed by atoms with Crippen molar-refractivity contribution in [1.82, 2.24) is 4.98 Å². The number of para-hydroxylation sites is 1. The topological polar surface area (TPSA) is 12.9 Å². The Morgan fingerprint density at radius 3 is 1.67 bits per heavy atom. The zero-order chi connectivity index (χ0) is 30.5. The predicted octanol–water partition coefficient (Wildman–Crippen LogP) is 12.4. The van der Waals surface area contributed by atoms with E-state index in [1.165, 1.54) is 76.8 Å². The van der Waals surface area contributed by atoms with Gasteiger partial charge in [0.15, 0.2) is 0 Å². The zero-order valence-corrected chi connectivity index (χ0v) is 25.2. The van der Waals surface area contributed by atoms with Gasteiger partial charge in [0.05, 0.1) is 5.52 Å². The molecule has 0 aliphatic heterocycles. The van der Waals surface area contributed by atoms with Crippen molar-refractivity contribution in [2.24, 2.45) is 0 Å². The number of hydrogen-bond donors (Lipinski definition) is 0. The molecule has 0 spiro atoms. The molecule has 1 aromatic heterocycles. The highest BCUT2D eigenvalue weighted by molar-refractivity contribution is 6.28. The van der Waals surface area contributed by atoms with E-state index in [1.54, 1.807) is 0 Å². The van der Waals surface area contributed by atoms with E-state index in [4.69, 9.17) is 4.98 Å². The standard InChI is InChI=1S/C45H29N/c1-2-12-30(13-3-1)31-24-26-32(27-25-31)34-16-10-17-35(28-34)43-38-19-6-7-20-39(38)44(37-22-11-15-33-14-4-5-18-36(33)37)45-40-21-8-9-23-42(40)46-29-41(43)45/h1-29H. The Bertz CT molecular complexity index is 2560. The van der Waals surface area contributed by atoms with Crippen molar-refractivity contribution in [3.05, 3.63) is 176 Å². The molecule has 0 bridgehead atoms. The molecular formula is C45H29N. The molecule has 1 heteroatoms. The largest absolute Gasteiger partial charge is 0.256 e. The monoisotopic (exact) mass is 583 g/mol. The molecule has 0 amide bonds. The van der Waals surface area contributed by atoms with Crippen LogP contribution in [0.3, 0.4) is 0 Å². The second kappa shape index (κ2) is 10.8. The molecule has 0 saturated carbocycles. The van der Waals surface area contributed by atoms with Gasteiger partial charge in [-0.25, -0.2) is 0 Å². The maximum Gasteiger partial charge on any atom is 0.0708 e. The Labute approximate surface area is 268 Å². The number of pyridine rings is 1. The molecule has 46 heavy (non-hydrogen) atoms. The molecular weight excluding hydrogens is 555 g/mol. The van der Waals surface area contributed by atoms with Crippen LogP contribution in [-0.4, -0.2) is 4.98 Å². The van der Waals surface area contributed by atoms with Crippen LogP contribution in [0.15, 0.2) is 176 Å². The highest BCUT2D eigenvalue weighted by Crippen LogP contribution is 2.47. The fraction of sp³-hybridized carbons (Fsp3) is 0. The summed E-state index contributed by atoms with van der Waals surface area (Å²) < 4.78 is 0. The lowest BCUT2D eigenvalue weighted by atomic mass is 9.83. The molecule has 214 valence electrons. The molecule has 1 heterocycles. The maximum absolute atomic E-state index is 5.02. The number of aromatic nitrogens is 1. The third-order valence-corrected chi connectivity index (χ3v) is 9.30. The van der Waals surface area contributed by atoms with E-state index in [9.17, 15) is 0 Å². The van der Waals surface area contributed by atoms with E-state index >= 15 is 0 Å². The van der Waals surface area contributed by atoms with Gasteiger partial charge in [0, 0.05) is 22.4 Å². The molecule has 9 aromatic rings. The first-order valence-electron chi connectivity index (χ1n) is 15.8. The summed E-state index contributed by atoms with van der Waals surface area (Å²) >= 11 is 0. The summed E-state index contributed by atoms with van der Waals surface area (Å²) in [5.41, 5.74) is 10.8. The third-order valence-electron chi connectivity index (χ3n) is 9.30. The van der Waals surface area contributed by atoms with Crippen molar-refractivity contribution >= 4 is 43.2 Å². The van der Waals surface area contributed by atoms with E-state index < -0.39 is 0 Å². The van der Waals surface area contributed by atoms with E-state index in [0.717, 1.165) is 10.9 Å². The zero-order valence-electron chi connectivity index (χ0n) is 25.2. The molecule has 0 atom stereocenters. The van der Waals surface area contributed by atoms with Gasteiger partial charge in [-0.15, -0.1) is 0 Å². The number of fused-ring (bicyclic) bond motifs is 5. The van der Waals surface area contributed by atoms with Gasteiger partial charge < -0.3 is 0 Å². The van der Waals surface area contributed by atoms with Gasteiger partial charge in [-0.2, -0.15) is 0 Å². The van der Waals surface area contributed by atoms with Crippen LogP contribution in [0.2, 0.25) is 0 Å². The number of nitrogens with zero attached hydrogens (tertiary/aromatic N) is 1. The SMILES string of the molecule is c1ccc(-c2ccc(-c3cccc(-c4c5ccccc5c(-c5cccc6ccccc56)c5c4cnc4ccccc45)c3)cc2)cc1. The van der Waals surface area contributed by atoms with E-state index in [2.05, 4.69) is 176 Å². The van der Waals surface area contributed by atoms with Gasteiger partial charge in [-0.1, -0.05) is 158 Å². The Morgan fingerprint density at radius 2 is 0.870 bits per heavy atom. The predicted molar refractivity (Wildman–Crippen MR) is 196 cm³/mol. The highest BCUT2D eigenvalue weighted by Gasteiger charge is 2.20. The summed E-state index contributed by atoms with van der Waals surface area (Å²) in [6.07, 6.45) is 2.09. The lowest BCUT2D eigenvalue weighted by Gasteiger charge is -2.20. The summed E-state index contributed by atoms with van der Waals surface area (Å²) in [4.78, 5) is 5.02. The van der Waals surface area contributed by atoms with E-state index in [1.807, 2.05) is 0 Å². The van der Waals surface area contributed by atoms with Crippen LogP contribution in [0.1, 0.15) is 0 Å². The Kier molecular flexibility index (Phi) is 6.21. The number of hydrogen-bond acceptors (Lipinski definition) is 1. The Morgan fingerprint density at radius 1 is 0.326 bits per heavy atom. The van der Waals surface area contributed by atoms with Crippen LogP contribution >= 0.6 is 0 Å². The molecule has 1 nitrogen and oxygen atoms in total. The lowest BCUT2D eigenvalue weighted by Crippen LogP contribution is -1.94.